The molecule has 0 aromatic heterocycles. The van der Waals surface area contributed by atoms with Crippen LogP contribution >= 0.6 is 24.8 Å². The first-order valence-corrected chi connectivity index (χ1v) is 26.3. The van der Waals surface area contributed by atoms with E-state index in [4.69, 9.17) is 0 Å². The van der Waals surface area contributed by atoms with Crippen molar-refractivity contribution in [3.05, 3.63) is 145 Å². The molecule has 8 rings (SSSR count). The Bertz CT molecular complexity index is 1970. The van der Waals surface area contributed by atoms with E-state index in [0.717, 1.165) is 11.8 Å². The summed E-state index contributed by atoms with van der Waals surface area (Å²) in [7, 11) is 0. The topological polar surface area (TPSA) is 0 Å². The third-order valence-electron chi connectivity index (χ3n) is 13.6. The molecular weight excluding hydrogens is 863 g/mol. The third-order valence-corrected chi connectivity index (χ3v) is 13.6. The molecule has 0 saturated heterocycles. The van der Waals surface area contributed by atoms with E-state index in [9.17, 15) is 0 Å². The molecule has 0 aliphatic heterocycles. The predicted molar refractivity (Wildman–Crippen MR) is 270 cm³/mol. The Morgan fingerprint density at radius 2 is 0.867 bits per heavy atom. The van der Waals surface area contributed by atoms with Crippen molar-refractivity contribution in [2.75, 3.05) is 0 Å². The molecule has 0 N–H and O–H groups in total. The SMILES string of the molecule is CCC(C)c1ccc(-c2ccc(C)c3[cH-]c(CC4CCCCC4)cc23)cc1.CCC(C)c1ccc(-c2ccc(C)c3[cH-]c(CC4CCCCC4)cc23)cc1.Cl.Cl.[CH3-].[CH3-].[Si]=[Zr]. The summed E-state index contributed by atoms with van der Waals surface area (Å²) in [5.41, 5.74) is 14.3. The summed E-state index contributed by atoms with van der Waals surface area (Å²) in [5.74, 6) is 3.07. The predicted octanol–water partition coefficient (Wildman–Crippen LogP) is 17.7. The van der Waals surface area contributed by atoms with Crippen LogP contribution in [0, 0.1) is 40.5 Å². The van der Waals surface area contributed by atoms with Gasteiger partial charge in [-0.15, -0.1) is 92.9 Å². The number of hydrogen-bond acceptors (Lipinski definition) is 0. The van der Waals surface area contributed by atoms with Crippen LogP contribution in [0.4, 0.5) is 0 Å². The maximum atomic E-state index is 3.06. The minimum atomic E-state index is 0. The van der Waals surface area contributed by atoms with Crippen LogP contribution in [0.2, 0.25) is 0 Å². The van der Waals surface area contributed by atoms with Gasteiger partial charge in [0.2, 0.25) is 0 Å². The van der Waals surface area contributed by atoms with Crippen molar-refractivity contribution in [1.82, 2.24) is 0 Å². The second-order valence-corrected chi connectivity index (χ2v) is 17.5. The van der Waals surface area contributed by atoms with Gasteiger partial charge in [0, 0.05) is 0 Å². The van der Waals surface area contributed by atoms with Gasteiger partial charge in [-0.05, 0) is 71.6 Å². The molecule has 324 valence electrons. The van der Waals surface area contributed by atoms with Crippen molar-refractivity contribution < 1.29 is 23.3 Å². The van der Waals surface area contributed by atoms with E-state index in [1.807, 2.05) is 0 Å². The fraction of sp³-hybridized carbons (Fsp3) is 0.429. The molecule has 2 radical (unpaired) electrons. The van der Waals surface area contributed by atoms with Gasteiger partial charge in [-0.2, -0.15) is 12.1 Å². The molecule has 2 aliphatic carbocycles. The van der Waals surface area contributed by atoms with E-state index in [1.54, 1.807) is 11.1 Å². The van der Waals surface area contributed by atoms with Crippen LogP contribution < -0.4 is 0 Å². The van der Waals surface area contributed by atoms with Crippen LogP contribution in [0.3, 0.4) is 0 Å². The van der Waals surface area contributed by atoms with Crippen molar-refractivity contribution in [3.63, 3.8) is 0 Å². The summed E-state index contributed by atoms with van der Waals surface area (Å²) in [4.78, 5) is 0. The van der Waals surface area contributed by atoms with Gasteiger partial charge >= 0.3 is 30.2 Å². The second kappa shape index (κ2) is 26.4. The standard InChI is InChI=1S/2C27H33.2CH3.2ClH.Si.Zr/c2*1-4-19(2)23-11-13-24(14-12-23)25-15-10-20(3)26-17-22(18-27(25)26)16-21-8-6-5-7-9-21;;;;;;/h2*10-15,17-19,21H,4-9,16H2,1-3H3;2*1H3;2*1H;;/q4*-1;;;;. The quantitative estimate of drug-likeness (QED) is 0.0948. The summed E-state index contributed by atoms with van der Waals surface area (Å²) in [6.07, 6.45) is 19.2. The van der Waals surface area contributed by atoms with E-state index in [0.29, 0.717) is 11.8 Å². The van der Waals surface area contributed by atoms with Crippen LogP contribution in [0.5, 0.6) is 0 Å². The number of hydrogen-bond donors (Lipinski definition) is 0. The zero-order valence-electron chi connectivity index (χ0n) is 38.3. The van der Waals surface area contributed by atoms with Gasteiger partial charge in [0.15, 0.2) is 0 Å². The van der Waals surface area contributed by atoms with Crippen molar-refractivity contribution >= 4 is 53.2 Å². The molecule has 2 atom stereocenters. The van der Waals surface area contributed by atoms with Gasteiger partial charge in [0.1, 0.15) is 0 Å². The summed E-state index contributed by atoms with van der Waals surface area (Å²) in [5, 5.41) is 5.78. The number of halogens is 2. The van der Waals surface area contributed by atoms with Crippen molar-refractivity contribution in [2.24, 2.45) is 11.8 Å². The minimum absolute atomic E-state index is 0. The molecule has 2 fully saturated rings. The summed E-state index contributed by atoms with van der Waals surface area (Å²) >= 11 is 1.36. The zero-order valence-corrected chi connectivity index (χ0v) is 43.4. The van der Waals surface area contributed by atoms with Gasteiger partial charge < -0.3 is 14.9 Å². The average molecular weight is 937 g/mol. The number of fused-ring (bicyclic) bond motifs is 2. The van der Waals surface area contributed by atoms with Crippen molar-refractivity contribution in [3.8, 4) is 22.3 Å². The molecule has 2 saturated carbocycles. The van der Waals surface area contributed by atoms with Gasteiger partial charge in [-0.1, -0.05) is 178 Å². The molecule has 60 heavy (non-hydrogen) atoms. The van der Waals surface area contributed by atoms with E-state index in [-0.39, 0.29) is 39.7 Å². The maximum absolute atomic E-state index is 3.06. The van der Waals surface area contributed by atoms with Crippen LogP contribution in [-0.2, 0) is 36.2 Å². The molecule has 6 aromatic carbocycles. The Hall–Kier alpha value is -2.22. The Labute approximate surface area is 396 Å². The molecular formula is C56H74Cl2SiZr-4. The molecule has 0 nitrogen and oxygen atoms in total. The van der Waals surface area contributed by atoms with Crippen LogP contribution in [0.1, 0.15) is 150 Å². The van der Waals surface area contributed by atoms with E-state index in [1.165, 1.54) is 179 Å². The molecule has 4 heteroatoms. The second-order valence-electron chi connectivity index (χ2n) is 17.5. The first-order chi connectivity index (χ1) is 27.3. The Morgan fingerprint density at radius 1 is 0.533 bits per heavy atom. The fourth-order valence-corrected chi connectivity index (χ4v) is 9.65. The van der Waals surface area contributed by atoms with E-state index >= 15 is 0 Å². The number of rotatable bonds is 10. The van der Waals surface area contributed by atoms with Crippen LogP contribution in [0.15, 0.2) is 97.1 Å². The zero-order chi connectivity index (χ0) is 39.6. The Morgan fingerprint density at radius 3 is 1.18 bits per heavy atom. The molecule has 0 bridgehead atoms. The van der Waals surface area contributed by atoms with Crippen LogP contribution in [0.25, 0.3) is 43.8 Å². The molecule has 6 aromatic rings. The molecule has 0 heterocycles. The van der Waals surface area contributed by atoms with Crippen molar-refractivity contribution in [2.45, 2.75) is 143 Å². The third kappa shape index (κ3) is 13.4. The summed E-state index contributed by atoms with van der Waals surface area (Å²) in [6.45, 7) is 16.7. The molecule has 2 unspecified atom stereocenters. The fourth-order valence-electron chi connectivity index (χ4n) is 9.65. The normalized spacial score (nSPS) is 15.1. The summed E-state index contributed by atoms with van der Waals surface area (Å²) in [6, 6.07) is 37.7. The first-order valence-electron chi connectivity index (χ1n) is 22.1. The van der Waals surface area contributed by atoms with Crippen molar-refractivity contribution in [1.29, 1.82) is 0 Å². The number of benzene rings is 4. The summed E-state index contributed by atoms with van der Waals surface area (Å²) < 4.78 is 0. The monoisotopic (exact) mass is 934 g/mol. The molecule has 0 amide bonds. The number of aryl methyl sites for hydroxylation is 2. The Kier molecular flexibility index (Phi) is 23.7. The average Bonchev–Trinajstić information content (AvgIpc) is 3.88. The molecule has 0 spiro atoms. The van der Waals surface area contributed by atoms with Gasteiger partial charge in [-0.3, -0.25) is 0 Å². The van der Waals surface area contributed by atoms with E-state index in [2.05, 4.69) is 145 Å². The van der Waals surface area contributed by atoms with Gasteiger partial charge in [-0.25, -0.2) is 0 Å². The van der Waals surface area contributed by atoms with E-state index < -0.39 is 0 Å². The molecule has 2 aliphatic rings. The first kappa shape index (κ1) is 53.9. The van der Waals surface area contributed by atoms with Gasteiger partial charge in [0.25, 0.3) is 0 Å². The Balaban J connectivity index is 0.000000373. The van der Waals surface area contributed by atoms with Crippen LogP contribution in [-0.4, -0.2) is 6.88 Å². The van der Waals surface area contributed by atoms with Gasteiger partial charge in [0.05, 0.1) is 0 Å².